The summed E-state index contributed by atoms with van der Waals surface area (Å²) in [5, 5.41) is 3.57. The quantitative estimate of drug-likeness (QED) is 0.691. The third-order valence-corrected chi connectivity index (χ3v) is 4.48. The molecule has 1 aromatic heterocycles. The molecule has 0 saturated carbocycles. The highest BCUT2D eigenvalue weighted by atomic mass is 32.2. The summed E-state index contributed by atoms with van der Waals surface area (Å²) in [6.45, 7) is 0. The Labute approximate surface area is 147 Å². The number of nitrogens with zero attached hydrogens (tertiary/aromatic N) is 1. The fourth-order valence-electron chi connectivity index (χ4n) is 2.32. The highest BCUT2D eigenvalue weighted by Gasteiger charge is 2.11. The number of nitrogens with one attached hydrogen (secondary N) is 1. The van der Waals surface area contributed by atoms with Gasteiger partial charge in [0.05, 0.1) is 18.6 Å². The van der Waals surface area contributed by atoms with Crippen LogP contribution in [-0.4, -0.2) is 23.8 Å². The Balaban J connectivity index is 1.73. The number of pyridine rings is 1. The number of thioether (sulfide) groups is 1. The Morgan fingerprint density at radius 3 is 2.80 bits per heavy atom. The summed E-state index contributed by atoms with van der Waals surface area (Å²) in [4.78, 5) is 16.9. The minimum Gasteiger partial charge on any atom is -0.494 e. The Morgan fingerprint density at radius 2 is 2.04 bits per heavy atom. The van der Waals surface area contributed by atoms with Crippen molar-refractivity contribution in [2.24, 2.45) is 0 Å². The number of fused-ring (bicyclic) bond motifs is 1. The lowest BCUT2D eigenvalue weighted by Crippen LogP contribution is -2.14. The normalized spacial score (nSPS) is 10.7. The van der Waals surface area contributed by atoms with Crippen LogP contribution >= 0.6 is 11.8 Å². The van der Waals surface area contributed by atoms with Crippen molar-refractivity contribution in [1.82, 2.24) is 4.98 Å². The van der Waals surface area contributed by atoms with E-state index in [0.29, 0.717) is 21.8 Å². The van der Waals surface area contributed by atoms with E-state index in [1.54, 1.807) is 31.5 Å². The number of aromatic nitrogens is 1. The number of carbonyl (C=O) groups is 1. The first-order valence-corrected chi connectivity index (χ1v) is 8.36. The molecule has 1 heterocycles. The fraction of sp³-hybridized carbons (Fsp3) is 0.111. The van der Waals surface area contributed by atoms with Gasteiger partial charge in [-0.25, -0.2) is 8.78 Å². The maximum atomic E-state index is 13.2. The average Bonchev–Trinajstić information content (AvgIpc) is 2.63. The molecular weight excluding hydrogens is 346 g/mol. The average molecular weight is 360 g/mol. The van der Waals surface area contributed by atoms with Gasteiger partial charge in [-0.2, -0.15) is 0 Å². The van der Waals surface area contributed by atoms with Crippen LogP contribution in [0.15, 0.2) is 53.6 Å². The van der Waals surface area contributed by atoms with Crippen molar-refractivity contribution in [3.05, 3.63) is 60.3 Å². The first-order chi connectivity index (χ1) is 12.1. The van der Waals surface area contributed by atoms with Crippen LogP contribution in [0.4, 0.5) is 14.5 Å². The summed E-state index contributed by atoms with van der Waals surface area (Å²) >= 11 is 1.12. The summed E-state index contributed by atoms with van der Waals surface area (Å²) in [7, 11) is 1.56. The van der Waals surface area contributed by atoms with Crippen LogP contribution in [0, 0.1) is 11.6 Å². The summed E-state index contributed by atoms with van der Waals surface area (Å²) < 4.78 is 31.4. The number of carbonyl (C=O) groups excluding carboxylic acids is 1. The molecule has 0 atom stereocenters. The number of anilines is 1. The van der Waals surface area contributed by atoms with Crippen molar-refractivity contribution in [2.45, 2.75) is 4.90 Å². The minimum absolute atomic E-state index is 0.0683. The van der Waals surface area contributed by atoms with E-state index in [1.165, 1.54) is 6.07 Å². The molecule has 0 fully saturated rings. The second-order valence-corrected chi connectivity index (χ2v) is 6.18. The molecule has 4 nitrogen and oxygen atoms in total. The van der Waals surface area contributed by atoms with Crippen molar-refractivity contribution in [2.75, 3.05) is 18.2 Å². The molecule has 0 radical (unpaired) electrons. The number of ether oxygens (including phenoxy) is 1. The number of amides is 1. The lowest BCUT2D eigenvalue weighted by Gasteiger charge is -2.11. The van der Waals surface area contributed by atoms with Gasteiger partial charge in [0.2, 0.25) is 5.91 Å². The number of hydrogen-bond acceptors (Lipinski definition) is 4. The molecule has 0 aliphatic rings. The van der Waals surface area contributed by atoms with E-state index < -0.39 is 11.6 Å². The number of halogens is 2. The van der Waals surface area contributed by atoms with E-state index in [9.17, 15) is 13.6 Å². The van der Waals surface area contributed by atoms with Crippen LogP contribution in [-0.2, 0) is 4.79 Å². The van der Waals surface area contributed by atoms with E-state index in [0.717, 1.165) is 29.3 Å². The van der Waals surface area contributed by atoms with E-state index in [4.69, 9.17) is 4.74 Å². The van der Waals surface area contributed by atoms with Gasteiger partial charge in [-0.15, -0.1) is 11.8 Å². The van der Waals surface area contributed by atoms with Gasteiger partial charge in [0.15, 0.2) is 11.6 Å². The number of benzene rings is 2. The Hall–Kier alpha value is -2.67. The SMILES string of the molecule is COc1ccc(NC(=O)CSc2ccc(F)c(F)c2)c2cccnc12. The predicted octanol–water partition coefficient (Wildman–Crippen LogP) is 4.25. The first-order valence-electron chi connectivity index (χ1n) is 7.38. The van der Waals surface area contributed by atoms with Gasteiger partial charge < -0.3 is 10.1 Å². The zero-order valence-electron chi connectivity index (χ0n) is 13.3. The predicted molar refractivity (Wildman–Crippen MR) is 94.0 cm³/mol. The molecule has 0 spiro atoms. The third-order valence-electron chi connectivity index (χ3n) is 3.49. The van der Waals surface area contributed by atoms with Crippen molar-refractivity contribution in [3.8, 4) is 5.75 Å². The highest BCUT2D eigenvalue weighted by Crippen LogP contribution is 2.30. The molecule has 0 saturated heterocycles. The van der Waals surface area contributed by atoms with Gasteiger partial charge in [-0.05, 0) is 42.5 Å². The molecule has 1 amide bonds. The maximum absolute atomic E-state index is 13.2. The molecule has 3 rings (SSSR count). The maximum Gasteiger partial charge on any atom is 0.234 e. The second-order valence-electron chi connectivity index (χ2n) is 5.13. The lowest BCUT2D eigenvalue weighted by molar-refractivity contribution is -0.113. The molecule has 7 heteroatoms. The summed E-state index contributed by atoms with van der Waals surface area (Å²) in [6, 6.07) is 10.6. The lowest BCUT2D eigenvalue weighted by atomic mass is 10.1. The molecule has 0 unspecified atom stereocenters. The molecule has 0 aliphatic heterocycles. The molecular formula is C18H14F2N2O2S. The summed E-state index contributed by atoms with van der Waals surface area (Å²) in [5.74, 6) is -1.42. The standard InChI is InChI=1S/C18H14F2N2O2S/c1-24-16-7-6-15(12-3-2-8-21-18(12)16)22-17(23)10-25-11-4-5-13(19)14(20)9-11/h2-9H,10H2,1H3,(H,22,23). The smallest absolute Gasteiger partial charge is 0.234 e. The zero-order valence-corrected chi connectivity index (χ0v) is 14.1. The van der Waals surface area contributed by atoms with Gasteiger partial charge in [-0.3, -0.25) is 9.78 Å². The molecule has 1 N–H and O–H groups in total. The van der Waals surface area contributed by atoms with Crippen molar-refractivity contribution in [3.63, 3.8) is 0 Å². The van der Waals surface area contributed by atoms with Crippen LogP contribution in [0.25, 0.3) is 10.9 Å². The second kappa shape index (κ2) is 7.48. The van der Waals surface area contributed by atoms with Crippen LogP contribution in [0.5, 0.6) is 5.75 Å². The van der Waals surface area contributed by atoms with Crippen molar-refractivity contribution < 1.29 is 18.3 Å². The van der Waals surface area contributed by atoms with Gasteiger partial charge in [-0.1, -0.05) is 0 Å². The molecule has 0 aliphatic carbocycles. The first kappa shape index (κ1) is 17.2. The molecule has 128 valence electrons. The van der Waals surface area contributed by atoms with E-state index >= 15 is 0 Å². The molecule has 0 bridgehead atoms. The van der Waals surface area contributed by atoms with E-state index in [-0.39, 0.29) is 11.7 Å². The zero-order chi connectivity index (χ0) is 17.8. The topological polar surface area (TPSA) is 51.2 Å². The van der Waals surface area contributed by atoms with Crippen LogP contribution in [0.3, 0.4) is 0 Å². The van der Waals surface area contributed by atoms with Gasteiger partial charge >= 0.3 is 0 Å². The highest BCUT2D eigenvalue weighted by molar-refractivity contribution is 8.00. The number of hydrogen-bond donors (Lipinski definition) is 1. The Bertz CT molecular complexity index is 934. The number of methoxy groups -OCH3 is 1. The van der Waals surface area contributed by atoms with Gasteiger partial charge in [0, 0.05) is 16.5 Å². The largest absolute Gasteiger partial charge is 0.494 e. The minimum atomic E-state index is -0.933. The summed E-state index contributed by atoms with van der Waals surface area (Å²) in [5.41, 5.74) is 1.26. The van der Waals surface area contributed by atoms with E-state index in [2.05, 4.69) is 10.3 Å². The van der Waals surface area contributed by atoms with Crippen LogP contribution in [0.2, 0.25) is 0 Å². The Kier molecular flexibility index (Phi) is 5.14. The van der Waals surface area contributed by atoms with Gasteiger partial charge in [0.25, 0.3) is 0 Å². The molecule has 3 aromatic rings. The van der Waals surface area contributed by atoms with Crippen LogP contribution in [0.1, 0.15) is 0 Å². The van der Waals surface area contributed by atoms with E-state index in [1.807, 2.05) is 6.07 Å². The molecule has 2 aromatic carbocycles. The Morgan fingerprint density at radius 1 is 1.20 bits per heavy atom. The number of rotatable bonds is 5. The third kappa shape index (κ3) is 3.88. The molecule has 25 heavy (non-hydrogen) atoms. The fourth-order valence-corrected chi connectivity index (χ4v) is 3.04. The monoisotopic (exact) mass is 360 g/mol. The summed E-state index contributed by atoms with van der Waals surface area (Å²) in [6.07, 6.45) is 1.65. The van der Waals surface area contributed by atoms with Gasteiger partial charge in [0.1, 0.15) is 11.3 Å². The van der Waals surface area contributed by atoms with Crippen LogP contribution < -0.4 is 10.1 Å². The van der Waals surface area contributed by atoms with Crippen molar-refractivity contribution in [1.29, 1.82) is 0 Å². The van der Waals surface area contributed by atoms with Crippen molar-refractivity contribution >= 4 is 34.3 Å².